The molecule has 25 heavy (non-hydrogen) atoms. The van der Waals surface area contributed by atoms with E-state index in [1.54, 1.807) is 23.5 Å². The molecule has 2 N–H and O–H groups in total. The van der Waals surface area contributed by atoms with E-state index in [2.05, 4.69) is 15.2 Å². The Bertz CT molecular complexity index is 854. The summed E-state index contributed by atoms with van der Waals surface area (Å²) in [5.74, 6) is -0.0597. The number of rotatable bonds is 4. The van der Waals surface area contributed by atoms with Gasteiger partial charge in [0.1, 0.15) is 5.60 Å². The summed E-state index contributed by atoms with van der Waals surface area (Å²) in [6.45, 7) is 0.661. The molecule has 0 saturated carbocycles. The van der Waals surface area contributed by atoms with Crippen molar-refractivity contribution in [3.63, 3.8) is 0 Å². The Labute approximate surface area is 145 Å². The van der Waals surface area contributed by atoms with Gasteiger partial charge in [-0.05, 0) is 41.5 Å². The maximum absolute atomic E-state index is 12.5. The molecule has 3 aromatic rings. The van der Waals surface area contributed by atoms with Gasteiger partial charge in [-0.15, -0.1) is 0 Å². The van der Waals surface area contributed by atoms with Gasteiger partial charge in [-0.2, -0.15) is 5.10 Å². The highest BCUT2D eigenvalue weighted by atomic mass is 16.3. The van der Waals surface area contributed by atoms with Crippen LogP contribution in [-0.4, -0.2) is 49.8 Å². The number of carbonyl (C=O) groups excluding carboxylic acids is 1. The van der Waals surface area contributed by atoms with E-state index in [1.807, 2.05) is 42.5 Å². The Morgan fingerprint density at radius 3 is 2.36 bits per heavy atom. The summed E-state index contributed by atoms with van der Waals surface area (Å²) in [4.78, 5) is 18.2. The van der Waals surface area contributed by atoms with E-state index in [0.717, 1.165) is 16.8 Å². The minimum Gasteiger partial charge on any atom is -0.386 e. The van der Waals surface area contributed by atoms with Crippen LogP contribution in [0.5, 0.6) is 0 Å². The summed E-state index contributed by atoms with van der Waals surface area (Å²) in [6, 6.07) is 13.2. The average molecular weight is 334 g/mol. The van der Waals surface area contributed by atoms with Gasteiger partial charge < -0.3 is 10.0 Å². The lowest BCUT2D eigenvalue weighted by Crippen LogP contribution is -2.64. The van der Waals surface area contributed by atoms with E-state index < -0.39 is 5.60 Å². The van der Waals surface area contributed by atoms with Crippen molar-refractivity contribution in [2.45, 2.75) is 12.0 Å². The summed E-state index contributed by atoms with van der Waals surface area (Å²) in [7, 11) is 0. The lowest BCUT2D eigenvalue weighted by Gasteiger charge is -2.46. The van der Waals surface area contributed by atoms with E-state index >= 15 is 0 Å². The SMILES string of the molecule is O=C(c1ccc(-c2ccncc2)cc1)N1CC(O)(Cc2ccn[nH]2)C1. The predicted octanol–water partition coefficient (Wildman–Crippen LogP) is 1.90. The highest BCUT2D eigenvalue weighted by Gasteiger charge is 2.44. The van der Waals surface area contributed by atoms with Gasteiger partial charge in [0.2, 0.25) is 0 Å². The number of pyridine rings is 1. The number of aliphatic hydroxyl groups is 1. The first kappa shape index (κ1) is 15.5. The molecule has 6 heteroatoms. The standard InChI is InChI=1S/C19H18N4O2/c24-18(23-12-19(25,13-23)11-17-7-10-21-22-17)16-3-1-14(2-4-16)15-5-8-20-9-6-15/h1-10,25H,11-13H2,(H,21,22). The zero-order valence-corrected chi connectivity index (χ0v) is 13.6. The molecular formula is C19H18N4O2. The van der Waals surface area contributed by atoms with Gasteiger partial charge >= 0.3 is 0 Å². The number of nitrogens with one attached hydrogen (secondary N) is 1. The second-order valence-electron chi connectivity index (χ2n) is 6.46. The number of nitrogens with zero attached hydrogens (tertiary/aromatic N) is 3. The zero-order valence-electron chi connectivity index (χ0n) is 13.6. The highest BCUT2D eigenvalue weighted by Crippen LogP contribution is 2.27. The number of benzene rings is 1. The van der Waals surface area contributed by atoms with Gasteiger partial charge in [-0.25, -0.2) is 0 Å². The third-order valence-electron chi connectivity index (χ3n) is 4.48. The van der Waals surface area contributed by atoms with Crippen molar-refractivity contribution < 1.29 is 9.90 Å². The molecule has 1 aliphatic heterocycles. The Kier molecular flexibility index (Phi) is 3.82. The van der Waals surface area contributed by atoms with Gasteiger partial charge in [0.25, 0.3) is 5.91 Å². The minimum absolute atomic E-state index is 0.0597. The number of H-pyrrole nitrogens is 1. The van der Waals surface area contributed by atoms with Crippen molar-refractivity contribution in [2.75, 3.05) is 13.1 Å². The fraction of sp³-hybridized carbons (Fsp3) is 0.211. The fourth-order valence-electron chi connectivity index (χ4n) is 3.19. The molecule has 4 rings (SSSR count). The number of hydrogen-bond acceptors (Lipinski definition) is 4. The van der Waals surface area contributed by atoms with E-state index in [1.165, 1.54) is 0 Å². The monoisotopic (exact) mass is 334 g/mol. The molecule has 1 saturated heterocycles. The quantitative estimate of drug-likeness (QED) is 0.763. The first-order valence-corrected chi connectivity index (χ1v) is 8.13. The number of β-amino-alcohol motifs (C(OH)–C–C–N with tert-alkyl or cyclic N) is 1. The molecule has 0 atom stereocenters. The first-order chi connectivity index (χ1) is 12.1. The number of amides is 1. The molecule has 1 fully saturated rings. The smallest absolute Gasteiger partial charge is 0.254 e. The minimum atomic E-state index is -0.876. The Morgan fingerprint density at radius 2 is 1.72 bits per heavy atom. The molecule has 0 spiro atoms. The maximum Gasteiger partial charge on any atom is 0.254 e. The summed E-state index contributed by atoms with van der Waals surface area (Å²) in [5.41, 5.74) is 2.72. The predicted molar refractivity (Wildman–Crippen MR) is 92.8 cm³/mol. The van der Waals surface area contributed by atoms with Crippen LogP contribution >= 0.6 is 0 Å². The maximum atomic E-state index is 12.5. The third-order valence-corrected chi connectivity index (χ3v) is 4.48. The molecule has 0 unspecified atom stereocenters. The van der Waals surface area contributed by atoms with Crippen LogP contribution in [0, 0.1) is 0 Å². The molecule has 3 heterocycles. The van der Waals surface area contributed by atoms with Crippen LogP contribution in [-0.2, 0) is 6.42 Å². The second-order valence-corrected chi connectivity index (χ2v) is 6.46. The van der Waals surface area contributed by atoms with Crippen molar-refractivity contribution in [1.82, 2.24) is 20.1 Å². The van der Waals surface area contributed by atoms with Crippen LogP contribution in [0.15, 0.2) is 61.1 Å². The number of aromatic nitrogens is 3. The van der Waals surface area contributed by atoms with Gasteiger partial charge in [0.05, 0.1) is 13.1 Å². The van der Waals surface area contributed by atoms with Crippen molar-refractivity contribution >= 4 is 5.91 Å². The van der Waals surface area contributed by atoms with Crippen LogP contribution in [0.4, 0.5) is 0 Å². The number of carbonyl (C=O) groups is 1. The van der Waals surface area contributed by atoms with Crippen molar-refractivity contribution in [1.29, 1.82) is 0 Å². The molecule has 1 amide bonds. The fourth-order valence-corrected chi connectivity index (χ4v) is 3.19. The molecule has 1 aromatic carbocycles. The molecule has 6 nitrogen and oxygen atoms in total. The van der Waals surface area contributed by atoms with E-state index in [-0.39, 0.29) is 5.91 Å². The molecule has 0 bridgehead atoms. The van der Waals surface area contributed by atoms with Crippen molar-refractivity contribution in [3.05, 3.63) is 72.3 Å². The second kappa shape index (κ2) is 6.14. The lowest BCUT2D eigenvalue weighted by molar-refractivity contribution is -0.0804. The van der Waals surface area contributed by atoms with Crippen molar-refractivity contribution in [3.8, 4) is 11.1 Å². The molecule has 2 aromatic heterocycles. The van der Waals surface area contributed by atoms with Crippen LogP contribution in [0.2, 0.25) is 0 Å². The number of likely N-dealkylation sites (tertiary alicyclic amines) is 1. The zero-order chi connectivity index (χ0) is 17.3. The highest BCUT2D eigenvalue weighted by molar-refractivity contribution is 5.95. The molecular weight excluding hydrogens is 316 g/mol. The third kappa shape index (κ3) is 3.16. The Morgan fingerprint density at radius 1 is 1.04 bits per heavy atom. The summed E-state index contributed by atoms with van der Waals surface area (Å²) >= 11 is 0. The normalized spacial score (nSPS) is 15.6. The number of hydrogen-bond donors (Lipinski definition) is 2. The van der Waals surface area contributed by atoms with Crippen molar-refractivity contribution in [2.24, 2.45) is 0 Å². The molecule has 1 aliphatic rings. The summed E-state index contributed by atoms with van der Waals surface area (Å²) < 4.78 is 0. The van der Waals surface area contributed by atoms with Crippen LogP contribution in [0.1, 0.15) is 16.1 Å². The van der Waals surface area contributed by atoms with Gasteiger partial charge in [-0.1, -0.05) is 12.1 Å². The lowest BCUT2D eigenvalue weighted by atomic mass is 9.88. The van der Waals surface area contributed by atoms with Crippen LogP contribution < -0.4 is 0 Å². The largest absolute Gasteiger partial charge is 0.386 e. The van der Waals surface area contributed by atoms with E-state index in [0.29, 0.717) is 25.1 Å². The van der Waals surface area contributed by atoms with Gasteiger partial charge in [-0.3, -0.25) is 14.9 Å². The molecule has 0 aliphatic carbocycles. The first-order valence-electron chi connectivity index (χ1n) is 8.13. The molecule has 126 valence electrons. The summed E-state index contributed by atoms with van der Waals surface area (Å²) in [6.07, 6.45) is 5.62. The topological polar surface area (TPSA) is 82.1 Å². The van der Waals surface area contributed by atoms with Crippen LogP contribution in [0.3, 0.4) is 0 Å². The van der Waals surface area contributed by atoms with Crippen LogP contribution in [0.25, 0.3) is 11.1 Å². The van der Waals surface area contributed by atoms with Gasteiger partial charge in [0.15, 0.2) is 0 Å². The van der Waals surface area contributed by atoms with E-state index in [9.17, 15) is 9.90 Å². The number of aromatic amines is 1. The van der Waals surface area contributed by atoms with Gasteiger partial charge in [0, 0.05) is 36.3 Å². The van der Waals surface area contributed by atoms with E-state index in [4.69, 9.17) is 0 Å². The Balaban J connectivity index is 1.41. The molecule has 0 radical (unpaired) electrons. The Hall–Kier alpha value is -2.99. The summed E-state index contributed by atoms with van der Waals surface area (Å²) in [5, 5.41) is 17.2. The average Bonchev–Trinajstić information content (AvgIpc) is 3.13.